The van der Waals surface area contributed by atoms with Crippen LogP contribution in [-0.2, 0) is 4.79 Å². The molecule has 2 aliphatic heterocycles. The number of hydrogen-bond donors (Lipinski definition) is 1. The first-order valence-corrected chi connectivity index (χ1v) is 6.95. The van der Waals surface area contributed by atoms with Gasteiger partial charge in [-0.25, -0.2) is 0 Å². The van der Waals surface area contributed by atoms with Crippen molar-refractivity contribution < 1.29 is 9.53 Å². The number of carbonyl (C=O) groups is 1. The molecule has 0 radical (unpaired) electrons. The number of hydrogen-bond acceptors (Lipinski definition) is 3. The van der Waals surface area contributed by atoms with Crippen LogP contribution in [0.15, 0.2) is 16.6 Å². The molecule has 0 spiro atoms. The Morgan fingerprint density at radius 3 is 2.94 bits per heavy atom. The van der Waals surface area contributed by atoms with Gasteiger partial charge in [0.15, 0.2) is 6.61 Å². The molecule has 18 heavy (non-hydrogen) atoms. The molecule has 0 bridgehead atoms. The molecule has 96 valence electrons. The summed E-state index contributed by atoms with van der Waals surface area (Å²) in [5.41, 5.74) is 0.770. The topological polar surface area (TPSA) is 41.6 Å². The molecule has 2 heterocycles. The van der Waals surface area contributed by atoms with Crippen molar-refractivity contribution in [3.05, 3.63) is 21.6 Å². The minimum absolute atomic E-state index is 0.00668. The molecule has 4 nitrogen and oxygen atoms in total. The molecule has 1 N–H and O–H groups in total. The Bertz CT molecular complexity index is 505. The Morgan fingerprint density at radius 2 is 2.28 bits per heavy atom. The second kappa shape index (κ2) is 4.72. The molecule has 1 amide bonds. The number of benzene rings is 1. The zero-order valence-electron chi connectivity index (χ0n) is 9.58. The summed E-state index contributed by atoms with van der Waals surface area (Å²) in [5.74, 6) is 1.22. The van der Waals surface area contributed by atoms with E-state index in [-0.39, 0.29) is 12.5 Å². The van der Waals surface area contributed by atoms with Crippen LogP contribution in [-0.4, -0.2) is 32.1 Å². The van der Waals surface area contributed by atoms with Crippen LogP contribution in [0.25, 0.3) is 0 Å². The second-order valence-corrected chi connectivity index (χ2v) is 5.81. The average molecular weight is 332 g/mol. The van der Waals surface area contributed by atoms with Crippen molar-refractivity contribution in [1.82, 2.24) is 5.32 Å². The molecule has 6 heteroatoms. The van der Waals surface area contributed by atoms with Gasteiger partial charge in [-0.2, -0.15) is 0 Å². The van der Waals surface area contributed by atoms with Crippen LogP contribution in [0.4, 0.5) is 5.69 Å². The molecule has 1 saturated heterocycles. The molecule has 0 unspecified atom stereocenters. The van der Waals surface area contributed by atoms with Gasteiger partial charge in [0.25, 0.3) is 5.91 Å². The van der Waals surface area contributed by atoms with Gasteiger partial charge < -0.3 is 15.0 Å². The highest BCUT2D eigenvalue weighted by Gasteiger charge is 2.30. The number of amides is 1. The fourth-order valence-corrected chi connectivity index (χ4v) is 2.61. The second-order valence-electron chi connectivity index (χ2n) is 4.55. The summed E-state index contributed by atoms with van der Waals surface area (Å²) in [6, 6.07) is 3.60. The predicted octanol–water partition coefficient (Wildman–Crippen LogP) is 2.05. The van der Waals surface area contributed by atoms with Crippen molar-refractivity contribution in [2.75, 3.05) is 31.1 Å². The average Bonchev–Trinajstić information content (AvgIpc) is 2.28. The molecule has 0 saturated carbocycles. The molecule has 1 fully saturated rings. The molecule has 1 aromatic rings. The van der Waals surface area contributed by atoms with Crippen molar-refractivity contribution >= 4 is 39.1 Å². The van der Waals surface area contributed by atoms with Gasteiger partial charge >= 0.3 is 0 Å². The standard InChI is InChI=1S/C12H12BrClN2O2/c13-8-1-11-10(2-9(8)14)16(12(17)6-18-11)5-7-3-15-4-7/h1-2,7,15H,3-6H2. The summed E-state index contributed by atoms with van der Waals surface area (Å²) in [5, 5.41) is 3.79. The lowest BCUT2D eigenvalue weighted by Gasteiger charge is -2.36. The van der Waals surface area contributed by atoms with Crippen LogP contribution in [0.5, 0.6) is 5.75 Å². The maximum atomic E-state index is 12.0. The summed E-state index contributed by atoms with van der Waals surface area (Å²) in [6.07, 6.45) is 0. The van der Waals surface area contributed by atoms with E-state index >= 15 is 0 Å². The minimum Gasteiger partial charge on any atom is -0.482 e. The normalized spacial score (nSPS) is 19.2. The Balaban J connectivity index is 1.94. The number of carbonyl (C=O) groups excluding carboxylic acids is 1. The first kappa shape index (κ1) is 12.3. The van der Waals surface area contributed by atoms with Crippen molar-refractivity contribution in [2.24, 2.45) is 5.92 Å². The third kappa shape index (κ3) is 2.11. The third-order valence-corrected chi connectivity index (χ3v) is 4.45. The Kier molecular flexibility index (Phi) is 3.21. The number of fused-ring (bicyclic) bond motifs is 1. The summed E-state index contributed by atoms with van der Waals surface area (Å²) < 4.78 is 6.22. The van der Waals surface area contributed by atoms with Gasteiger partial charge in [-0.1, -0.05) is 11.6 Å². The highest BCUT2D eigenvalue weighted by Crippen LogP contribution is 2.39. The van der Waals surface area contributed by atoms with Crippen molar-refractivity contribution in [3.63, 3.8) is 0 Å². The van der Waals surface area contributed by atoms with E-state index in [9.17, 15) is 4.79 Å². The number of halogens is 2. The summed E-state index contributed by atoms with van der Waals surface area (Å²) in [6.45, 7) is 2.75. The van der Waals surface area contributed by atoms with E-state index in [1.807, 2.05) is 6.07 Å². The van der Waals surface area contributed by atoms with E-state index in [4.69, 9.17) is 16.3 Å². The zero-order valence-corrected chi connectivity index (χ0v) is 11.9. The van der Waals surface area contributed by atoms with Crippen molar-refractivity contribution in [3.8, 4) is 5.75 Å². The monoisotopic (exact) mass is 330 g/mol. The third-order valence-electron chi connectivity index (χ3n) is 3.25. The Hall–Kier alpha value is -0.780. The highest BCUT2D eigenvalue weighted by atomic mass is 79.9. The maximum absolute atomic E-state index is 12.0. The summed E-state index contributed by atoms with van der Waals surface area (Å²) in [7, 11) is 0. The minimum atomic E-state index is -0.00668. The summed E-state index contributed by atoms with van der Waals surface area (Å²) in [4.78, 5) is 13.7. The molecule has 3 rings (SSSR count). The highest BCUT2D eigenvalue weighted by molar-refractivity contribution is 9.10. The summed E-state index contributed by atoms with van der Waals surface area (Å²) >= 11 is 9.45. The predicted molar refractivity (Wildman–Crippen MR) is 73.4 cm³/mol. The van der Waals surface area contributed by atoms with Gasteiger partial charge in [-0.3, -0.25) is 4.79 Å². The lowest BCUT2D eigenvalue weighted by Crippen LogP contribution is -2.51. The van der Waals surface area contributed by atoms with Crippen LogP contribution in [0.1, 0.15) is 0 Å². The van der Waals surface area contributed by atoms with Gasteiger partial charge in [-0.05, 0) is 28.1 Å². The van der Waals surface area contributed by atoms with Gasteiger partial charge in [-0.15, -0.1) is 0 Å². The van der Waals surface area contributed by atoms with E-state index < -0.39 is 0 Å². The van der Waals surface area contributed by atoms with Crippen LogP contribution in [0, 0.1) is 5.92 Å². The maximum Gasteiger partial charge on any atom is 0.265 e. The lowest BCUT2D eigenvalue weighted by molar-refractivity contribution is -0.121. The number of nitrogens with one attached hydrogen (secondary N) is 1. The van der Waals surface area contributed by atoms with Crippen LogP contribution in [0.3, 0.4) is 0 Å². The van der Waals surface area contributed by atoms with Gasteiger partial charge in [0, 0.05) is 30.0 Å². The van der Waals surface area contributed by atoms with E-state index in [1.165, 1.54) is 0 Å². The van der Waals surface area contributed by atoms with Crippen molar-refractivity contribution in [2.45, 2.75) is 0 Å². The molecule has 0 aromatic heterocycles. The van der Waals surface area contributed by atoms with Gasteiger partial charge in [0.2, 0.25) is 0 Å². The first-order chi connectivity index (χ1) is 8.65. The Morgan fingerprint density at radius 1 is 1.50 bits per heavy atom. The number of nitrogens with zero attached hydrogens (tertiary/aromatic N) is 1. The number of anilines is 1. The van der Waals surface area contributed by atoms with E-state index in [0.717, 1.165) is 29.8 Å². The number of rotatable bonds is 2. The smallest absolute Gasteiger partial charge is 0.265 e. The number of ether oxygens (including phenoxy) is 1. The SMILES string of the molecule is O=C1COc2cc(Br)c(Cl)cc2N1CC1CNC1. The fourth-order valence-electron chi connectivity index (χ4n) is 2.13. The molecule has 0 atom stereocenters. The molecule has 1 aromatic carbocycles. The van der Waals surface area contributed by atoms with Gasteiger partial charge in [0.1, 0.15) is 5.75 Å². The Labute approximate surface area is 118 Å². The van der Waals surface area contributed by atoms with Crippen LogP contribution >= 0.6 is 27.5 Å². The first-order valence-electron chi connectivity index (χ1n) is 5.78. The molecular formula is C12H12BrClN2O2. The van der Waals surface area contributed by atoms with E-state index in [0.29, 0.717) is 16.7 Å². The van der Waals surface area contributed by atoms with Crippen LogP contribution in [0.2, 0.25) is 5.02 Å². The van der Waals surface area contributed by atoms with E-state index in [1.54, 1.807) is 11.0 Å². The van der Waals surface area contributed by atoms with Gasteiger partial charge in [0.05, 0.1) is 10.7 Å². The van der Waals surface area contributed by atoms with Crippen molar-refractivity contribution in [1.29, 1.82) is 0 Å². The zero-order chi connectivity index (χ0) is 12.7. The van der Waals surface area contributed by atoms with E-state index in [2.05, 4.69) is 21.2 Å². The lowest BCUT2D eigenvalue weighted by atomic mass is 10.0. The largest absolute Gasteiger partial charge is 0.482 e. The molecule has 0 aliphatic carbocycles. The van der Waals surface area contributed by atoms with Crippen LogP contribution < -0.4 is 15.0 Å². The fraction of sp³-hybridized carbons (Fsp3) is 0.417. The molecule has 2 aliphatic rings. The quantitative estimate of drug-likeness (QED) is 0.902. The molecular weight excluding hydrogens is 320 g/mol.